The Balaban J connectivity index is 1.46. The van der Waals surface area contributed by atoms with Crippen LogP contribution < -0.4 is 5.32 Å². The number of hydrogen-bond acceptors (Lipinski definition) is 3. The third kappa shape index (κ3) is 4.01. The molecule has 1 aliphatic heterocycles. The van der Waals surface area contributed by atoms with Gasteiger partial charge < -0.3 is 10.2 Å². The molecule has 22 heavy (non-hydrogen) atoms. The van der Waals surface area contributed by atoms with Gasteiger partial charge in [-0.2, -0.15) is 0 Å². The number of rotatable bonds is 4. The highest BCUT2D eigenvalue weighted by Crippen LogP contribution is 2.26. The van der Waals surface area contributed by atoms with Crippen LogP contribution in [0.5, 0.6) is 0 Å². The smallest absolute Gasteiger partial charge is 0.321 e. The van der Waals surface area contributed by atoms with Crippen LogP contribution in [0.1, 0.15) is 6.42 Å². The summed E-state index contributed by atoms with van der Waals surface area (Å²) in [4.78, 5) is 19.4. The fraction of sp³-hybridized carbons (Fsp3) is 0.294. The van der Waals surface area contributed by atoms with Crippen molar-refractivity contribution in [1.82, 2.24) is 9.88 Å². The summed E-state index contributed by atoms with van der Waals surface area (Å²) in [5.74, 6) is 1.62. The van der Waals surface area contributed by atoms with Crippen molar-refractivity contribution in [2.45, 2.75) is 11.3 Å². The molecule has 1 aromatic heterocycles. The number of nitrogens with zero attached hydrogens (tertiary/aromatic N) is 2. The lowest BCUT2D eigenvalue weighted by Crippen LogP contribution is -2.33. The third-order valence-corrected chi connectivity index (χ3v) is 4.96. The Hall–Kier alpha value is -2.01. The average molecular weight is 313 g/mol. The number of nitrogens with one attached hydrogen (secondary N) is 1. The van der Waals surface area contributed by atoms with Crippen LogP contribution in [-0.2, 0) is 0 Å². The normalized spacial score (nSPS) is 17.5. The van der Waals surface area contributed by atoms with Gasteiger partial charge >= 0.3 is 6.03 Å². The van der Waals surface area contributed by atoms with E-state index in [0.29, 0.717) is 5.92 Å². The molecule has 1 fully saturated rings. The van der Waals surface area contributed by atoms with Gasteiger partial charge in [-0.05, 0) is 36.6 Å². The number of carbonyl (C=O) groups excluding carboxylic acids is 1. The van der Waals surface area contributed by atoms with Crippen molar-refractivity contribution in [1.29, 1.82) is 0 Å². The van der Waals surface area contributed by atoms with E-state index >= 15 is 0 Å². The maximum atomic E-state index is 12.2. The third-order valence-electron chi connectivity index (χ3n) is 3.71. The standard InChI is InChI=1S/C17H19N3OS/c21-17(19-15-5-4-9-18-11-15)20-10-8-14(12-20)13-22-16-6-2-1-3-7-16/h1-7,9,11,14H,8,10,12-13H2,(H,19,21)/t14-/m1/s1. The molecule has 1 N–H and O–H groups in total. The van der Waals surface area contributed by atoms with Gasteiger partial charge in [-0.15, -0.1) is 11.8 Å². The van der Waals surface area contributed by atoms with Crippen molar-refractivity contribution >= 4 is 23.5 Å². The van der Waals surface area contributed by atoms with Crippen molar-refractivity contribution < 1.29 is 4.79 Å². The molecule has 2 amide bonds. The molecule has 1 aliphatic rings. The van der Waals surface area contributed by atoms with Crippen LogP contribution in [0.2, 0.25) is 0 Å². The molecule has 0 aliphatic carbocycles. The quantitative estimate of drug-likeness (QED) is 0.875. The minimum Gasteiger partial charge on any atom is -0.324 e. The number of amides is 2. The summed E-state index contributed by atoms with van der Waals surface area (Å²) in [6.45, 7) is 1.65. The molecule has 0 bridgehead atoms. The highest BCUT2D eigenvalue weighted by Gasteiger charge is 2.26. The van der Waals surface area contributed by atoms with Gasteiger partial charge in [0.25, 0.3) is 0 Å². The highest BCUT2D eigenvalue weighted by atomic mass is 32.2. The number of aromatic nitrogens is 1. The number of pyridine rings is 1. The fourth-order valence-corrected chi connectivity index (χ4v) is 3.57. The average Bonchev–Trinajstić information content (AvgIpc) is 3.04. The molecule has 1 saturated heterocycles. The van der Waals surface area contributed by atoms with Gasteiger partial charge in [-0.25, -0.2) is 4.79 Å². The molecule has 0 radical (unpaired) electrons. The van der Waals surface area contributed by atoms with E-state index in [2.05, 4.69) is 34.6 Å². The predicted octanol–water partition coefficient (Wildman–Crippen LogP) is 3.73. The second kappa shape index (κ2) is 7.31. The summed E-state index contributed by atoms with van der Waals surface area (Å²) < 4.78 is 0. The summed E-state index contributed by atoms with van der Waals surface area (Å²) >= 11 is 1.87. The molecule has 1 aromatic carbocycles. The van der Waals surface area contributed by atoms with E-state index in [1.165, 1.54) is 4.90 Å². The number of hydrogen-bond donors (Lipinski definition) is 1. The molecule has 4 nitrogen and oxygen atoms in total. The topological polar surface area (TPSA) is 45.2 Å². The van der Waals surface area contributed by atoms with Crippen molar-refractivity contribution in [2.75, 3.05) is 24.2 Å². The zero-order chi connectivity index (χ0) is 15.2. The van der Waals surface area contributed by atoms with E-state index in [-0.39, 0.29) is 6.03 Å². The molecule has 0 spiro atoms. The van der Waals surface area contributed by atoms with Crippen molar-refractivity contribution in [3.8, 4) is 0 Å². The first kappa shape index (κ1) is 14.9. The van der Waals surface area contributed by atoms with Crippen LogP contribution >= 0.6 is 11.8 Å². The molecule has 5 heteroatoms. The Morgan fingerprint density at radius 3 is 2.91 bits per heavy atom. The van der Waals surface area contributed by atoms with Crippen LogP contribution in [0.25, 0.3) is 0 Å². The summed E-state index contributed by atoms with van der Waals surface area (Å²) in [7, 11) is 0. The molecule has 2 heterocycles. The van der Waals surface area contributed by atoms with E-state index in [1.807, 2.05) is 34.9 Å². The molecule has 0 unspecified atom stereocenters. The van der Waals surface area contributed by atoms with Crippen molar-refractivity contribution in [3.63, 3.8) is 0 Å². The molecule has 1 atom stereocenters. The Morgan fingerprint density at radius 2 is 2.14 bits per heavy atom. The van der Waals surface area contributed by atoms with Gasteiger partial charge in [-0.1, -0.05) is 18.2 Å². The minimum atomic E-state index is -0.0276. The number of urea groups is 1. The van der Waals surface area contributed by atoms with Crippen molar-refractivity contribution in [2.24, 2.45) is 5.92 Å². The Kier molecular flexibility index (Phi) is 4.96. The lowest BCUT2D eigenvalue weighted by Gasteiger charge is -2.17. The van der Waals surface area contributed by atoms with Gasteiger partial charge in [0.15, 0.2) is 0 Å². The van der Waals surface area contributed by atoms with E-state index in [1.54, 1.807) is 12.4 Å². The van der Waals surface area contributed by atoms with Crippen LogP contribution in [0.4, 0.5) is 10.5 Å². The van der Waals surface area contributed by atoms with Gasteiger partial charge in [0.1, 0.15) is 0 Å². The van der Waals surface area contributed by atoms with Crippen molar-refractivity contribution in [3.05, 3.63) is 54.9 Å². The Bertz CT molecular complexity index is 606. The molecule has 2 aromatic rings. The van der Waals surface area contributed by atoms with Gasteiger partial charge in [0.05, 0.1) is 11.9 Å². The molecule has 114 valence electrons. The van der Waals surface area contributed by atoms with E-state index < -0.39 is 0 Å². The number of anilines is 1. The highest BCUT2D eigenvalue weighted by molar-refractivity contribution is 7.99. The van der Waals surface area contributed by atoms with E-state index in [4.69, 9.17) is 0 Å². The SMILES string of the molecule is O=C(Nc1cccnc1)N1CC[C@@H](CSc2ccccc2)C1. The van der Waals surface area contributed by atoms with Gasteiger partial charge in [0.2, 0.25) is 0 Å². The van der Waals surface area contributed by atoms with Crippen LogP contribution in [0.15, 0.2) is 59.8 Å². The zero-order valence-electron chi connectivity index (χ0n) is 12.3. The predicted molar refractivity (Wildman–Crippen MR) is 90.1 cm³/mol. The van der Waals surface area contributed by atoms with Gasteiger partial charge in [-0.3, -0.25) is 4.98 Å². The first-order valence-electron chi connectivity index (χ1n) is 7.45. The summed E-state index contributed by atoms with van der Waals surface area (Å²) in [5.41, 5.74) is 0.745. The first-order valence-corrected chi connectivity index (χ1v) is 8.43. The summed E-state index contributed by atoms with van der Waals surface area (Å²) in [6, 6.07) is 14.1. The molecular weight excluding hydrogens is 294 g/mol. The van der Waals surface area contributed by atoms with Crippen LogP contribution in [-0.4, -0.2) is 34.8 Å². The minimum absolute atomic E-state index is 0.0276. The summed E-state index contributed by atoms with van der Waals surface area (Å²) in [6.07, 6.45) is 4.43. The number of thioether (sulfide) groups is 1. The monoisotopic (exact) mass is 313 g/mol. The maximum Gasteiger partial charge on any atom is 0.321 e. The number of likely N-dealkylation sites (tertiary alicyclic amines) is 1. The molecular formula is C17H19N3OS. The Labute approximate surface area is 134 Å². The molecule has 3 rings (SSSR count). The summed E-state index contributed by atoms with van der Waals surface area (Å²) in [5, 5.41) is 2.90. The first-order chi connectivity index (χ1) is 10.8. The van der Waals surface area contributed by atoms with Crippen LogP contribution in [0, 0.1) is 5.92 Å². The van der Waals surface area contributed by atoms with E-state index in [0.717, 1.165) is 31.0 Å². The van der Waals surface area contributed by atoms with E-state index in [9.17, 15) is 4.79 Å². The number of benzene rings is 1. The second-order valence-electron chi connectivity index (χ2n) is 5.40. The zero-order valence-corrected chi connectivity index (χ0v) is 13.1. The lowest BCUT2D eigenvalue weighted by atomic mass is 10.2. The van der Waals surface area contributed by atoms with Crippen LogP contribution in [0.3, 0.4) is 0 Å². The molecule has 0 saturated carbocycles. The van der Waals surface area contributed by atoms with Gasteiger partial charge in [0, 0.05) is 29.9 Å². The second-order valence-corrected chi connectivity index (χ2v) is 6.49. The largest absolute Gasteiger partial charge is 0.324 e. The number of carbonyl (C=O) groups is 1. The Morgan fingerprint density at radius 1 is 1.27 bits per heavy atom. The lowest BCUT2D eigenvalue weighted by molar-refractivity contribution is 0.221. The maximum absolute atomic E-state index is 12.2. The fourth-order valence-electron chi connectivity index (χ4n) is 2.52.